The summed E-state index contributed by atoms with van der Waals surface area (Å²) >= 11 is 0. The van der Waals surface area contributed by atoms with Crippen LogP contribution < -0.4 is 10.1 Å². The average molecular weight is 291 g/mol. The van der Waals surface area contributed by atoms with Gasteiger partial charge in [-0.1, -0.05) is 24.6 Å². The molecule has 0 heterocycles. The predicted molar refractivity (Wildman–Crippen MR) is 77.9 cm³/mol. The van der Waals surface area contributed by atoms with Crippen molar-refractivity contribution in [3.63, 3.8) is 0 Å². The first-order valence-electron chi connectivity index (χ1n) is 7.24. The summed E-state index contributed by atoms with van der Waals surface area (Å²) < 4.78 is 5.24. The van der Waals surface area contributed by atoms with Crippen LogP contribution >= 0.6 is 0 Å². The molecule has 1 amide bonds. The number of carboxylic acid groups (broad SMARTS) is 1. The van der Waals surface area contributed by atoms with E-state index in [0.717, 1.165) is 24.2 Å². The first kappa shape index (κ1) is 15.4. The molecule has 0 radical (unpaired) electrons. The fourth-order valence-corrected chi connectivity index (χ4v) is 2.83. The summed E-state index contributed by atoms with van der Waals surface area (Å²) in [7, 11) is 1.60. The molecule has 2 atom stereocenters. The van der Waals surface area contributed by atoms with E-state index in [9.17, 15) is 9.59 Å². The number of ether oxygens (including phenoxy) is 1. The van der Waals surface area contributed by atoms with E-state index in [1.54, 1.807) is 7.11 Å². The Bertz CT molecular complexity index is 515. The molecule has 0 bridgehead atoms. The lowest BCUT2D eigenvalue weighted by atomic mass is 9.81. The quantitative estimate of drug-likeness (QED) is 0.872. The molecule has 114 valence electrons. The fourth-order valence-electron chi connectivity index (χ4n) is 2.83. The lowest BCUT2D eigenvalue weighted by molar-refractivity contribution is -0.144. The summed E-state index contributed by atoms with van der Waals surface area (Å²) in [5.74, 6) is -0.704. The minimum absolute atomic E-state index is 0.0631. The van der Waals surface area contributed by atoms with E-state index >= 15 is 0 Å². The number of carbonyl (C=O) groups excluding carboxylic acids is 1. The third-order valence-electron chi connectivity index (χ3n) is 4.04. The third kappa shape index (κ3) is 3.97. The Morgan fingerprint density at radius 3 is 2.71 bits per heavy atom. The average Bonchev–Trinajstić information content (AvgIpc) is 2.52. The Labute approximate surface area is 124 Å². The summed E-state index contributed by atoms with van der Waals surface area (Å²) in [6.45, 7) is 0.400. The summed E-state index contributed by atoms with van der Waals surface area (Å²) in [5, 5.41) is 12.0. The Hall–Kier alpha value is -2.04. The second-order valence-electron chi connectivity index (χ2n) is 5.43. The number of aliphatic carboxylic acids is 1. The fraction of sp³-hybridized carbons (Fsp3) is 0.500. The predicted octanol–water partition coefficient (Wildman–Crippen LogP) is 2.20. The van der Waals surface area contributed by atoms with Crippen LogP contribution in [0.15, 0.2) is 24.3 Å². The van der Waals surface area contributed by atoms with Crippen molar-refractivity contribution < 1.29 is 19.4 Å². The molecule has 1 aliphatic rings. The molecule has 1 fully saturated rings. The van der Waals surface area contributed by atoms with E-state index in [0.29, 0.717) is 19.4 Å². The van der Waals surface area contributed by atoms with E-state index < -0.39 is 5.97 Å². The zero-order valence-corrected chi connectivity index (χ0v) is 12.2. The number of carboxylic acids is 1. The maximum absolute atomic E-state index is 12.2. The molecule has 0 saturated heterocycles. The number of amides is 1. The van der Waals surface area contributed by atoms with E-state index in [-0.39, 0.29) is 17.7 Å². The number of hydrogen-bond acceptors (Lipinski definition) is 3. The highest BCUT2D eigenvalue weighted by atomic mass is 16.5. The molecule has 1 aromatic carbocycles. The molecule has 1 saturated carbocycles. The third-order valence-corrected chi connectivity index (χ3v) is 4.04. The number of methoxy groups -OCH3 is 1. The number of hydrogen-bond donors (Lipinski definition) is 2. The Balaban J connectivity index is 1.91. The molecule has 1 aromatic rings. The SMILES string of the molecule is COc1ccccc1CNC(=O)[C@H]1CCC[C@H](C(=O)O)C1. The molecule has 0 aromatic heterocycles. The van der Waals surface area contributed by atoms with E-state index in [4.69, 9.17) is 9.84 Å². The van der Waals surface area contributed by atoms with Gasteiger partial charge in [-0.2, -0.15) is 0 Å². The highest BCUT2D eigenvalue weighted by Crippen LogP contribution is 2.29. The smallest absolute Gasteiger partial charge is 0.306 e. The van der Waals surface area contributed by atoms with E-state index in [1.165, 1.54) is 0 Å². The van der Waals surface area contributed by atoms with Crippen molar-refractivity contribution >= 4 is 11.9 Å². The van der Waals surface area contributed by atoms with Gasteiger partial charge in [0.15, 0.2) is 0 Å². The van der Waals surface area contributed by atoms with Gasteiger partial charge in [0.1, 0.15) is 5.75 Å². The number of benzene rings is 1. The highest BCUT2D eigenvalue weighted by Gasteiger charge is 2.30. The molecule has 21 heavy (non-hydrogen) atoms. The first-order chi connectivity index (χ1) is 10.1. The van der Waals surface area contributed by atoms with Crippen molar-refractivity contribution in [2.45, 2.75) is 32.2 Å². The molecule has 0 aliphatic heterocycles. The lowest BCUT2D eigenvalue weighted by Crippen LogP contribution is -2.35. The van der Waals surface area contributed by atoms with Gasteiger partial charge in [0.05, 0.1) is 13.0 Å². The van der Waals surface area contributed by atoms with Crippen LogP contribution in [0.25, 0.3) is 0 Å². The molecule has 2 rings (SSSR count). The topological polar surface area (TPSA) is 75.6 Å². The zero-order chi connectivity index (χ0) is 15.2. The minimum atomic E-state index is -0.794. The van der Waals surface area contributed by atoms with Crippen LogP contribution in [0.5, 0.6) is 5.75 Å². The lowest BCUT2D eigenvalue weighted by Gasteiger charge is -2.25. The number of rotatable bonds is 5. The van der Waals surface area contributed by atoms with Crippen LogP contribution in [0.3, 0.4) is 0 Å². The second kappa shape index (κ2) is 7.11. The maximum Gasteiger partial charge on any atom is 0.306 e. The molecule has 0 spiro atoms. The Morgan fingerprint density at radius 1 is 1.29 bits per heavy atom. The van der Waals surface area contributed by atoms with Gasteiger partial charge in [-0.05, 0) is 25.3 Å². The molecular formula is C16H21NO4. The summed E-state index contributed by atoms with van der Waals surface area (Å²) in [6.07, 6.45) is 2.67. The zero-order valence-electron chi connectivity index (χ0n) is 12.2. The number of para-hydroxylation sites is 1. The van der Waals surface area contributed by atoms with Crippen molar-refractivity contribution in [3.8, 4) is 5.75 Å². The summed E-state index contributed by atoms with van der Waals surface area (Å²) in [4.78, 5) is 23.2. The van der Waals surface area contributed by atoms with Gasteiger partial charge >= 0.3 is 5.97 Å². The van der Waals surface area contributed by atoms with Crippen LogP contribution in [-0.4, -0.2) is 24.1 Å². The Morgan fingerprint density at radius 2 is 2.00 bits per heavy atom. The minimum Gasteiger partial charge on any atom is -0.496 e. The van der Waals surface area contributed by atoms with Crippen molar-refractivity contribution in [1.29, 1.82) is 0 Å². The van der Waals surface area contributed by atoms with Crippen LogP contribution in [0.2, 0.25) is 0 Å². The van der Waals surface area contributed by atoms with Gasteiger partial charge in [-0.25, -0.2) is 0 Å². The van der Waals surface area contributed by atoms with Crippen LogP contribution in [0.1, 0.15) is 31.2 Å². The van der Waals surface area contributed by atoms with E-state index in [2.05, 4.69) is 5.32 Å². The molecule has 2 N–H and O–H groups in total. The molecule has 0 unspecified atom stereocenters. The monoisotopic (exact) mass is 291 g/mol. The van der Waals surface area contributed by atoms with Crippen LogP contribution in [0.4, 0.5) is 0 Å². The van der Waals surface area contributed by atoms with Crippen molar-refractivity contribution in [1.82, 2.24) is 5.32 Å². The van der Waals surface area contributed by atoms with Gasteiger partial charge < -0.3 is 15.2 Å². The van der Waals surface area contributed by atoms with Crippen molar-refractivity contribution in [2.75, 3.05) is 7.11 Å². The highest BCUT2D eigenvalue weighted by molar-refractivity contribution is 5.80. The van der Waals surface area contributed by atoms with Crippen molar-refractivity contribution in [3.05, 3.63) is 29.8 Å². The normalized spacial score (nSPS) is 21.6. The van der Waals surface area contributed by atoms with Gasteiger partial charge in [-0.3, -0.25) is 9.59 Å². The maximum atomic E-state index is 12.2. The van der Waals surface area contributed by atoms with Crippen LogP contribution in [0, 0.1) is 11.8 Å². The van der Waals surface area contributed by atoms with Gasteiger partial charge in [0.2, 0.25) is 5.91 Å². The van der Waals surface area contributed by atoms with E-state index in [1.807, 2.05) is 24.3 Å². The molecule has 5 nitrogen and oxygen atoms in total. The standard InChI is InChI=1S/C16H21NO4/c1-21-14-8-3-2-5-13(14)10-17-15(18)11-6-4-7-12(9-11)16(19)20/h2-3,5,8,11-12H,4,6-7,9-10H2,1H3,(H,17,18)(H,19,20)/t11-,12-/m0/s1. The summed E-state index contributed by atoms with van der Waals surface area (Å²) in [5.41, 5.74) is 0.916. The number of carbonyl (C=O) groups is 2. The second-order valence-corrected chi connectivity index (χ2v) is 5.43. The molecule has 5 heteroatoms. The number of nitrogens with one attached hydrogen (secondary N) is 1. The summed E-state index contributed by atoms with van der Waals surface area (Å²) in [6, 6.07) is 7.52. The van der Waals surface area contributed by atoms with Gasteiger partial charge in [0.25, 0.3) is 0 Å². The first-order valence-corrected chi connectivity index (χ1v) is 7.24. The Kier molecular flexibility index (Phi) is 5.20. The molecular weight excluding hydrogens is 270 g/mol. The van der Waals surface area contributed by atoms with Gasteiger partial charge in [-0.15, -0.1) is 0 Å². The molecule has 1 aliphatic carbocycles. The van der Waals surface area contributed by atoms with Crippen molar-refractivity contribution in [2.24, 2.45) is 11.8 Å². The van der Waals surface area contributed by atoms with Crippen LogP contribution in [-0.2, 0) is 16.1 Å². The largest absolute Gasteiger partial charge is 0.496 e. The van der Waals surface area contributed by atoms with Gasteiger partial charge in [0, 0.05) is 18.0 Å².